The summed E-state index contributed by atoms with van der Waals surface area (Å²) in [4.78, 5) is 14.2. The lowest BCUT2D eigenvalue weighted by molar-refractivity contribution is -0.123. The van der Waals surface area contributed by atoms with E-state index < -0.39 is 0 Å². The van der Waals surface area contributed by atoms with Crippen molar-refractivity contribution in [2.75, 3.05) is 18.6 Å². The fraction of sp³-hybridized carbons (Fsp3) is 0.350. The monoisotopic (exact) mass is 357 g/mol. The van der Waals surface area contributed by atoms with Crippen molar-refractivity contribution in [3.63, 3.8) is 0 Å². The molecule has 1 aliphatic rings. The first-order valence-electron chi connectivity index (χ1n) is 8.54. The molecule has 0 saturated carbocycles. The summed E-state index contributed by atoms with van der Waals surface area (Å²) >= 11 is 4.52. The number of nitrogens with zero attached hydrogens (tertiary/aromatic N) is 1. The number of unbranched alkanes of at least 4 members (excludes halogenated alkanes) is 1. The van der Waals surface area contributed by atoms with Gasteiger partial charge in [-0.25, -0.2) is 0 Å². The fourth-order valence-corrected chi connectivity index (χ4v) is 3.42. The molecule has 0 unspecified atom stereocenters. The molecule has 1 fully saturated rings. The number of methoxy groups -OCH3 is 1. The van der Waals surface area contributed by atoms with Crippen molar-refractivity contribution in [3.8, 4) is 11.5 Å². The highest BCUT2D eigenvalue weighted by Crippen LogP contribution is 2.45. The van der Waals surface area contributed by atoms with Gasteiger partial charge in [0.2, 0.25) is 5.91 Å². The van der Waals surface area contributed by atoms with E-state index >= 15 is 0 Å². The molecule has 0 spiro atoms. The number of carbonyl (C=O) groups excluding carboxylic acids is 1. The van der Waals surface area contributed by atoms with Crippen LogP contribution in [-0.4, -0.2) is 24.9 Å². The van der Waals surface area contributed by atoms with Crippen molar-refractivity contribution in [1.82, 2.24) is 0 Å². The summed E-state index contributed by atoms with van der Waals surface area (Å²) in [6, 6.07) is 15.3. The number of benzene rings is 2. The first kappa shape index (κ1) is 17.7. The third kappa shape index (κ3) is 3.47. The van der Waals surface area contributed by atoms with Gasteiger partial charge in [0.05, 0.1) is 19.8 Å². The van der Waals surface area contributed by atoms with Crippen LogP contribution in [0.3, 0.4) is 0 Å². The van der Waals surface area contributed by atoms with Crippen LogP contribution < -0.4 is 14.4 Å². The molecular formula is C20H23NO3S. The van der Waals surface area contributed by atoms with E-state index in [4.69, 9.17) is 9.47 Å². The lowest BCUT2D eigenvalue weighted by Gasteiger charge is -2.45. The van der Waals surface area contributed by atoms with Crippen LogP contribution in [0.15, 0.2) is 48.5 Å². The lowest BCUT2D eigenvalue weighted by atomic mass is 9.91. The normalized spacial score (nSPS) is 19.5. The molecule has 1 saturated heterocycles. The van der Waals surface area contributed by atoms with Crippen LogP contribution in [0, 0.1) is 0 Å². The van der Waals surface area contributed by atoms with Gasteiger partial charge in [0.15, 0.2) is 0 Å². The Kier molecular flexibility index (Phi) is 5.53. The molecule has 4 nitrogen and oxygen atoms in total. The number of carbonyl (C=O) groups is 1. The largest absolute Gasteiger partial charge is 0.497 e. The van der Waals surface area contributed by atoms with Gasteiger partial charge in [-0.2, -0.15) is 12.6 Å². The fourth-order valence-electron chi connectivity index (χ4n) is 3.00. The maximum absolute atomic E-state index is 12.4. The predicted molar refractivity (Wildman–Crippen MR) is 103 cm³/mol. The minimum atomic E-state index is -0.373. The predicted octanol–water partition coefficient (Wildman–Crippen LogP) is 4.26. The molecule has 25 heavy (non-hydrogen) atoms. The summed E-state index contributed by atoms with van der Waals surface area (Å²) in [5.41, 5.74) is 1.83. The highest BCUT2D eigenvalue weighted by molar-refractivity contribution is 7.82. The lowest BCUT2D eigenvalue weighted by Crippen LogP contribution is -2.56. The molecule has 1 aliphatic heterocycles. The van der Waals surface area contributed by atoms with Gasteiger partial charge in [0, 0.05) is 17.3 Å². The number of rotatable bonds is 7. The number of β-lactam (4-membered cyclic amide) rings is 1. The Hall–Kier alpha value is -2.14. The van der Waals surface area contributed by atoms with Crippen molar-refractivity contribution < 1.29 is 14.3 Å². The number of hydrogen-bond donors (Lipinski definition) is 1. The summed E-state index contributed by atoms with van der Waals surface area (Å²) in [6.07, 6.45) is 2.04. The SMILES string of the molecule is CCCCOc1cc(OC)ccc1[C@@H]1[C@H](S)C(=O)N1c1ccccc1. The summed E-state index contributed by atoms with van der Waals surface area (Å²) < 4.78 is 11.3. The Morgan fingerprint density at radius 3 is 2.60 bits per heavy atom. The number of para-hydroxylation sites is 1. The van der Waals surface area contributed by atoms with E-state index in [0.717, 1.165) is 35.6 Å². The molecule has 2 atom stereocenters. The van der Waals surface area contributed by atoms with Crippen LogP contribution in [0.1, 0.15) is 31.4 Å². The molecule has 1 amide bonds. The summed E-state index contributed by atoms with van der Waals surface area (Å²) in [5.74, 6) is 1.50. The van der Waals surface area contributed by atoms with Crippen LogP contribution in [0.5, 0.6) is 11.5 Å². The van der Waals surface area contributed by atoms with Crippen LogP contribution >= 0.6 is 12.6 Å². The molecule has 5 heteroatoms. The quantitative estimate of drug-likeness (QED) is 0.457. The molecule has 0 radical (unpaired) electrons. The number of ether oxygens (including phenoxy) is 2. The summed E-state index contributed by atoms with van der Waals surface area (Å²) in [5, 5.41) is -0.373. The van der Waals surface area contributed by atoms with E-state index in [-0.39, 0.29) is 17.2 Å². The topological polar surface area (TPSA) is 38.8 Å². The van der Waals surface area contributed by atoms with Crippen LogP contribution in [0.4, 0.5) is 5.69 Å². The van der Waals surface area contributed by atoms with Gasteiger partial charge in [-0.15, -0.1) is 0 Å². The molecule has 0 N–H and O–H groups in total. The van der Waals surface area contributed by atoms with Crippen LogP contribution in [-0.2, 0) is 4.79 Å². The molecule has 0 aliphatic carbocycles. The number of hydrogen-bond acceptors (Lipinski definition) is 4. The zero-order valence-corrected chi connectivity index (χ0v) is 15.4. The van der Waals surface area contributed by atoms with Crippen molar-refractivity contribution >= 4 is 24.2 Å². The average molecular weight is 357 g/mol. The van der Waals surface area contributed by atoms with Crippen molar-refractivity contribution in [3.05, 3.63) is 54.1 Å². The zero-order valence-electron chi connectivity index (χ0n) is 14.5. The molecule has 2 aromatic rings. The summed E-state index contributed by atoms with van der Waals surface area (Å²) in [7, 11) is 1.63. The maximum atomic E-state index is 12.4. The first-order chi connectivity index (χ1) is 12.2. The van der Waals surface area contributed by atoms with Gasteiger partial charge in [-0.05, 0) is 30.7 Å². The Labute approximate surface area is 154 Å². The standard InChI is InChI=1S/C20H23NO3S/c1-3-4-12-24-17-13-15(23-2)10-11-16(17)18-19(25)20(22)21(18)14-8-6-5-7-9-14/h5-11,13,18-19,25H,3-4,12H2,1-2H3/t18-,19+/m1/s1. The van der Waals surface area contributed by atoms with Gasteiger partial charge in [-0.1, -0.05) is 31.5 Å². The van der Waals surface area contributed by atoms with Crippen molar-refractivity contribution in [1.29, 1.82) is 0 Å². The highest BCUT2D eigenvalue weighted by Gasteiger charge is 2.48. The van der Waals surface area contributed by atoms with Gasteiger partial charge >= 0.3 is 0 Å². The Morgan fingerprint density at radius 1 is 1.16 bits per heavy atom. The molecule has 132 valence electrons. The molecule has 3 rings (SSSR count). The van der Waals surface area contributed by atoms with Gasteiger partial charge < -0.3 is 14.4 Å². The van der Waals surface area contributed by atoms with E-state index in [1.54, 1.807) is 12.0 Å². The smallest absolute Gasteiger partial charge is 0.242 e. The first-order valence-corrected chi connectivity index (χ1v) is 9.06. The van der Waals surface area contributed by atoms with Crippen LogP contribution in [0.2, 0.25) is 0 Å². The molecular weight excluding hydrogens is 334 g/mol. The minimum absolute atomic E-state index is 0.00913. The Balaban J connectivity index is 1.94. The molecule has 1 heterocycles. The second-order valence-electron chi connectivity index (χ2n) is 6.04. The second-order valence-corrected chi connectivity index (χ2v) is 6.60. The Morgan fingerprint density at radius 2 is 1.92 bits per heavy atom. The third-order valence-corrected chi connectivity index (χ3v) is 4.90. The molecule has 0 aromatic heterocycles. The second kappa shape index (κ2) is 7.83. The van der Waals surface area contributed by atoms with E-state index in [0.29, 0.717) is 6.61 Å². The maximum Gasteiger partial charge on any atom is 0.242 e. The van der Waals surface area contributed by atoms with Gasteiger partial charge in [0.1, 0.15) is 16.7 Å². The number of anilines is 1. The minimum Gasteiger partial charge on any atom is -0.497 e. The van der Waals surface area contributed by atoms with Crippen molar-refractivity contribution in [2.24, 2.45) is 0 Å². The van der Waals surface area contributed by atoms with E-state index in [1.807, 2.05) is 48.5 Å². The Bertz CT molecular complexity index is 735. The molecule has 0 bridgehead atoms. The van der Waals surface area contributed by atoms with E-state index in [1.165, 1.54) is 0 Å². The van der Waals surface area contributed by atoms with E-state index in [9.17, 15) is 4.79 Å². The third-order valence-electron chi connectivity index (χ3n) is 4.40. The number of thiol groups is 1. The van der Waals surface area contributed by atoms with E-state index in [2.05, 4.69) is 19.6 Å². The zero-order chi connectivity index (χ0) is 17.8. The average Bonchev–Trinajstić information content (AvgIpc) is 2.66. The van der Waals surface area contributed by atoms with Gasteiger partial charge in [-0.3, -0.25) is 4.79 Å². The summed E-state index contributed by atoms with van der Waals surface area (Å²) in [6.45, 7) is 2.77. The van der Waals surface area contributed by atoms with Gasteiger partial charge in [0.25, 0.3) is 0 Å². The highest BCUT2D eigenvalue weighted by atomic mass is 32.1. The van der Waals surface area contributed by atoms with Crippen LogP contribution in [0.25, 0.3) is 0 Å². The molecule has 2 aromatic carbocycles. The van der Waals surface area contributed by atoms with Crippen molar-refractivity contribution in [2.45, 2.75) is 31.1 Å². The number of amides is 1.